The highest BCUT2D eigenvalue weighted by molar-refractivity contribution is 5.79. The van der Waals surface area contributed by atoms with E-state index in [0.717, 1.165) is 31.3 Å². The van der Waals surface area contributed by atoms with Gasteiger partial charge in [0, 0.05) is 25.0 Å². The van der Waals surface area contributed by atoms with Crippen molar-refractivity contribution in [1.82, 2.24) is 9.80 Å². The molecule has 3 heteroatoms. The standard InChI is InChI=1S/C22H38N2O/c1-23(2)22(19-8-3-4-9-19)13-11-21(12-14-22)16-20(25)24(17-21)15-10-18-6-5-7-18/h18-19H,3-17H2,1-2H3. The van der Waals surface area contributed by atoms with Gasteiger partial charge in [-0.15, -0.1) is 0 Å². The van der Waals surface area contributed by atoms with Crippen molar-refractivity contribution >= 4 is 5.91 Å². The third-order valence-corrected chi connectivity index (χ3v) is 8.62. The average Bonchev–Trinajstić information content (AvgIpc) is 3.16. The number of hydrogen-bond acceptors (Lipinski definition) is 2. The summed E-state index contributed by atoms with van der Waals surface area (Å²) in [5, 5.41) is 0. The Bertz CT molecular complexity index is 482. The molecule has 0 unspecified atom stereocenters. The van der Waals surface area contributed by atoms with Gasteiger partial charge in [-0.05, 0) is 76.3 Å². The van der Waals surface area contributed by atoms with Crippen LogP contribution in [0.4, 0.5) is 0 Å². The maximum atomic E-state index is 12.6. The molecule has 0 bridgehead atoms. The lowest BCUT2D eigenvalue weighted by Crippen LogP contribution is -2.54. The predicted octanol–water partition coefficient (Wildman–Crippen LogP) is 4.46. The van der Waals surface area contributed by atoms with Crippen molar-refractivity contribution in [3.63, 3.8) is 0 Å². The van der Waals surface area contributed by atoms with Crippen LogP contribution in [0, 0.1) is 17.3 Å². The Kier molecular flexibility index (Phi) is 4.90. The summed E-state index contributed by atoms with van der Waals surface area (Å²) < 4.78 is 0. The number of rotatable bonds is 5. The number of nitrogens with zero attached hydrogens (tertiary/aromatic N) is 2. The molecule has 1 saturated heterocycles. The molecule has 1 heterocycles. The van der Waals surface area contributed by atoms with Gasteiger partial charge in [-0.1, -0.05) is 32.1 Å². The minimum Gasteiger partial charge on any atom is -0.342 e. The van der Waals surface area contributed by atoms with Crippen molar-refractivity contribution in [2.45, 2.75) is 89.0 Å². The summed E-state index contributed by atoms with van der Waals surface area (Å²) in [6, 6.07) is 0. The van der Waals surface area contributed by atoms with Crippen molar-refractivity contribution in [2.24, 2.45) is 17.3 Å². The number of carbonyl (C=O) groups is 1. The third-order valence-electron chi connectivity index (χ3n) is 8.62. The Morgan fingerprint density at radius 2 is 1.68 bits per heavy atom. The van der Waals surface area contributed by atoms with Gasteiger partial charge in [0.25, 0.3) is 0 Å². The van der Waals surface area contributed by atoms with Gasteiger partial charge in [0.05, 0.1) is 0 Å². The highest BCUT2D eigenvalue weighted by Crippen LogP contribution is 2.53. The first-order chi connectivity index (χ1) is 12.0. The quantitative estimate of drug-likeness (QED) is 0.734. The zero-order valence-corrected chi connectivity index (χ0v) is 16.6. The molecule has 0 aromatic carbocycles. The SMILES string of the molecule is CN(C)C1(C2CCCC2)CCC2(CC1)CC(=O)N(CCC1CCC1)C2. The summed E-state index contributed by atoms with van der Waals surface area (Å²) in [5.41, 5.74) is 0.735. The molecule has 0 radical (unpaired) electrons. The van der Waals surface area contributed by atoms with Crippen LogP contribution in [0.5, 0.6) is 0 Å². The molecule has 1 aliphatic heterocycles. The highest BCUT2D eigenvalue weighted by Gasteiger charge is 2.52. The molecule has 1 spiro atoms. The number of carbonyl (C=O) groups excluding carboxylic acids is 1. The first-order valence-corrected chi connectivity index (χ1v) is 11.0. The highest BCUT2D eigenvalue weighted by atomic mass is 16.2. The number of likely N-dealkylation sites (tertiary alicyclic amines) is 1. The molecule has 142 valence electrons. The Morgan fingerprint density at radius 1 is 1.00 bits per heavy atom. The van der Waals surface area contributed by atoms with E-state index < -0.39 is 0 Å². The lowest BCUT2D eigenvalue weighted by Gasteiger charge is -2.52. The van der Waals surface area contributed by atoms with Crippen LogP contribution in [0.3, 0.4) is 0 Å². The molecule has 1 amide bonds. The summed E-state index contributed by atoms with van der Waals surface area (Å²) in [5.74, 6) is 2.27. The maximum Gasteiger partial charge on any atom is 0.223 e. The summed E-state index contributed by atoms with van der Waals surface area (Å²) in [4.78, 5) is 17.4. The van der Waals surface area contributed by atoms with Crippen LogP contribution in [0.15, 0.2) is 0 Å². The van der Waals surface area contributed by atoms with E-state index in [0.29, 0.717) is 16.9 Å². The van der Waals surface area contributed by atoms with Gasteiger partial charge < -0.3 is 9.80 Å². The van der Waals surface area contributed by atoms with E-state index in [2.05, 4.69) is 23.9 Å². The van der Waals surface area contributed by atoms with Crippen molar-refractivity contribution in [3.8, 4) is 0 Å². The molecule has 3 aliphatic carbocycles. The molecule has 0 aromatic heterocycles. The summed E-state index contributed by atoms with van der Waals surface area (Å²) in [6.45, 7) is 2.10. The fourth-order valence-corrected chi connectivity index (χ4v) is 6.54. The first kappa shape index (κ1) is 17.8. The van der Waals surface area contributed by atoms with Gasteiger partial charge in [0.2, 0.25) is 5.91 Å². The molecule has 25 heavy (non-hydrogen) atoms. The van der Waals surface area contributed by atoms with Crippen LogP contribution >= 0.6 is 0 Å². The zero-order valence-electron chi connectivity index (χ0n) is 16.6. The fraction of sp³-hybridized carbons (Fsp3) is 0.955. The topological polar surface area (TPSA) is 23.6 Å². The van der Waals surface area contributed by atoms with E-state index in [-0.39, 0.29) is 0 Å². The van der Waals surface area contributed by atoms with E-state index in [9.17, 15) is 4.79 Å². The molecule has 0 atom stereocenters. The number of amides is 1. The molecule has 4 rings (SSSR count). The number of hydrogen-bond donors (Lipinski definition) is 0. The second-order valence-corrected chi connectivity index (χ2v) is 10.1. The molecule has 3 saturated carbocycles. The Morgan fingerprint density at radius 3 is 2.24 bits per heavy atom. The minimum absolute atomic E-state index is 0.314. The van der Waals surface area contributed by atoms with E-state index in [1.807, 2.05) is 0 Å². The van der Waals surface area contributed by atoms with E-state index in [1.165, 1.54) is 77.0 Å². The maximum absolute atomic E-state index is 12.6. The van der Waals surface area contributed by atoms with Crippen LogP contribution in [0.1, 0.15) is 83.5 Å². The Labute approximate surface area is 154 Å². The van der Waals surface area contributed by atoms with Crippen LogP contribution in [-0.4, -0.2) is 48.4 Å². The van der Waals surface area contributed by atoms with Crippen LogP contribution in [0.2, 0.25) is 0 Å². The van der Waals surface area contributed by atoms with Crippen LogP contribution in [-0.2, 0) is 4.79 Å². The second-order valence-electron chi connectivity index (χ2n) is 10.1. The Hall–Kier alpha value is -0.570. The van der Waals surface area contributed by atoms with Gasteiger partial charge in [-0.25, -0.2) is 0 Å². The molecule has 4 fully saturated rings. The normalized spacial score (nSPS) is 37.4. The summed E-state index contributed by atoms with van der Waals surface area (Å²) >= 11 is 0. The van der Waals surface area contributed by atoms with Gasteiger partial charge in [0.1, 0.15) is 0 Å². The largest absolute Gasteiger partial charge is 0.342 e. The molecule has 0 N–H and O–H groups in total. The lowest BCUT2D eigenvalue weighted by atomic mass is 9.62. The third kappa shape index (κ3) is 3.26. The van der Waals surface area contributed by atoms with Gasteiger partial charge in [-0.2, -0.15) is 0 Å². The zero-order chi connectivity index (χ0) is 17.5. The molecular weight excluding hydrogens is 308 g/mol. The Balaban J connectivity index is 1.37. The van der Waals surface area contributed by atoms with Crippen molar-refractivity contribution in [3.05, 3.63) is 0 Å². The van der Waals surface area contributed by atoms with Crippen molar-refractivity contribution < 1.29 is 4.79 Å². The van der Waals surface area contributed by atoms with Gasteiger partial charge in [-0.3, -0.25) is 4.79 Å². The second kappa shape index (κ2) is 6.87. The predicted molar refractivity (Wildman–Crippen MR) is 102 cm³/mol. The average molecular weight is 347 g/mol. The molecular formula is C22H38N2O. The molecule has 4 aliphatic rings. The van der Waals surface area contributed by atoms with E-state index in [4.69, 9.17) is 0 Å². The van der Waals surface area contributed by atoms with Gasteiger partial charge in [0.15, 0.2) is 0 Å². The minimum atomic E-state index is 0.314. The van der Waals surface area contributed by atoms with E-state index in [1.54, 1.807) is 0 Å². The van der Waals surface area contributed by atoms with Crippen molar-refractivity contribution in [2.75, 3.05) is 27.2 Å². The first-order valence-electron chi connectivity index (χ1n) is 11.0. The van der Waals surface area contributed by atoms with Gasteiger partial charge >= 0.3 is 0 Å². The van der Waals surface area contributed by atoms with Crippen molar-refractivity contribution in [1.29, 1.82) is 0 Å². The lowest BCUT2D eigenvalue weighted by molar-refractivity contribution is -0.128. The molecule has 3 nitrogen and oxygen atoms in total. The smallest absolute Gasteiger partial charge is 0.223 e. The summed E-state index contributed by atoms with van der Waals surface area (Å²) in [6.07, 6.45) is 17.2. The summed E-state index contributed by atoms with van der Waals surface area (Å²) in [7, 11) is 4.61. The monoisotopic (exact) mass is 346 g/mol. The molecule has 0 aromatic rings. The van der Waals surface area contributed by atoms with Crippen LogP contribution < -0.4 is 0 Å². The fourth-order valence-electron chi connectivity index (χ4n) is 6.54. The van der Waals surface area contributed by atoms with Crippen LogP contribution in [0.25, 0.3) is 0 Å². The van der Waals surface area contributed by atoms with E-state index >= 15 is 0 Å².